The van der Waals surface area contributed by atoms with Gasteiger partial charge >= 0.3 is 5.97 Å². The molecule has 180 valence electrons. The first-order valence-corrected chi connectivity index (χ1v) is 13.3. The van der Waals surface area contributed by atoms with Crippen molar-refractivity contribution in [1.29, 1.82) is 0 Å². The zero-order chi connectivity index (χ0) is 23.8. The first-order valence-electron chi connectivity index (χ1n) is 13.3. The summed E-state index contributed by atoms with van der Waals surface area (Å²) in [5, 5.41) is 0. The average molecular weight is 453 g/mol. The van der Waals surface area contributed by atoms with Crippen LogP contribution in [0.25, 0.3) is 0 Å². The van der Waals surface area contributed by atoms with Gasteiger partial charge in [0.2, 0.25) is 0 Å². The molecule has 5 aliphatic rings. The van der Waals surface area contributed by atoms with Gasteiger partial charge in [-0.25, -0.2) is 0 Å². The third-order valence-electron chi connectivity index (χ3n) is 10.7. The van der Waals surface area contributed by atoms with E-state index in [1.165, 1.54) is 11.1 Å². The number of rotatable bonds is 6. The van der Waals surface area contributed by atoms with Crippen molar-refractivity contribution in [2.75, 3.05) is 0 Å². The van der Waals surface area contributed by atoms with E-state index in [9.17, 15) is 14.4 Å². The number of Topliss-reactive ketones (excluding diaryl/α,β-unsaturated/α-hetero) is 1. The Morgan fingerprint density at radius 2 is 1.82 bits per heavy atom. The Labute approximate surface area is 198 Å². The number of carbonyl (C=O) groups excluding carboxylic acids is 3. The molecule has 0 N–H and O–H groups in total. The predicted molar refractivity (Wildman–Crippen MR) is 127 cm³/mol. The Hall–Kier alpha value is -1.71. The van der Waals surface area contributed by atoms with Crippen LogP contribution in [0, 0.1) is 40.4 Å². The molecule has 5 aliphatic carbocycles. The zero-order valence-corrected chi connectivity index (χ0v) is 21.0. The van der Waals surface area contributed by atoms with Crippen molar-refractivity contribution in [2.24, 2.45) is 40.4 Å². The van der Waals surface area contributed by atoms with Gasteiger partial charge in [-0.15, -0.1) is 0 Å². The van der Waals surface area contributed by atoms with E-state index in [0.717, 1.165) is 44.9 Å². The van der Waals surface area contributed by atoms with Gasteiger partial charge in [0, 0.05) is 17.8 Å². The normalized spacial score (nSPS) is 45.1. The molecular weight excluding hydrogens is 412 g/mol. The van der Waals surface area contributed by atoms with Gasteiger partial charge in [0.1, 0.15) is 0 Å². The fourth-order valence-corrected chi connectivity index (χ4v) is 8.88. The van der Waals surface area contributed by atoms with Crippen molar-refractivity contribution in [1.82, 2.24) is 0 Å². The number of hydrogen-bond donors (Lipinski definition) is 0. The van der Waals surface area contributed by atoms with Crippen molar-refractivity contribution in [3.8, 4) is 0 Å². The minimum atomic E-state index is -0.991. The van der Waals surface area contributed by atoms with Crippen molar-refractivity contribution in [3.05, 3.63) is 23.3 Å². The SMILES string of the molecule is CCCCCC(=O)O[C@@]1(C(C)=O)CC[C@H]2[C@@H]3C=C(C)C4=CC(=O)C5CC5[C@@]4(C)[C@@H]3CC[C@@]21C. The molecule has 0 aromatic heterocycles. The number of carbonyl (C=O) groups is 3. The van der Waals surface area contributed by atoms with E-state index in [4.69, 9.17) is 4.74 Å². The third-order valence-corrected chi connectivity index (χ3v) is 10.7. The Kier molecular flexibility index (Phi) is 5.34. The van der Waals surface area contributed by atoms with Crippen LogP contribution in [0.1, 0.15) is 92.4 Å². The summed E-state index contributed by atoms with van der Waals surface area (Å²) >= 11 is 0. The molecule has 0 spiro atoms. The quantitative estimate of drug-likeness (QED) is 0.367. The summed E-state index contributed by atoms with van der Waals surface area (Å²) in [6, 6.07) is 0. The third kappa shape index (κ3) is 3.04. The Morgan fingerprint density at radius 1 is 1.09 bits per heavy atom. The van der Waals surface area contributed by atoms with Crippen LogP contribution >= 0.6 is 0 Å². The summed E-state index contributed by atoms with van der Waals surface area (Å²) in [5.74, 6) is 2.03. The number of unbranched alkanes of at least 4 members (excludes halogenated alkanes) is 2. The summed E-state index contributed by atoms with van der Waals surface area (Å²) in [7, 11) is 0. The molecule has 8 atom stereocenters. The number of hydrogen-bond acceptors (Lipinski definition) is 4. The molecule has 3 saturated carbocycles. The second-order valence-electron chi connectivity index (χ2n) is 12.1. The van der Waals surface area contributed by atoms with Gasteiger partial charge in [-0.2, -0.15) is 0 Å². The molecule has 0 saturated heterocycles. The highest BCUT2D eigenvalue weighted by Gasteiger charge is 2.70. The highest BCUT2D eigenvalue weighted by molar-refractivity contribution is 5.97. The van der Waals surface area contributed by atoms with E-state index in [-0.39, 0.29) is 28.5 Å². The maximum Gasteiger partial charge on any atom is 0.306 e. The number of esters is 1. The van der Waals surface area contributed by atoms with Crippen LogP contribution in [-0.4, -0.2) is 23.1 Å². The Balaban J connectivity index is 1.48. The van der Waals surface area contributed by atoms with Crippen molar-refractivity contribution >= 4 is 17.5 Å². The minimum absolute atomic E-state index is 0.0172. The maximum atomic E-state index is 13.2. The van der Waals surface area contributed by atoms with Gasteiger partial charge < -0.3 is 4.74 Å². The van der Waals surface area contributed by atoms with Crippen molar-refractivity contribution in [2.45, 2.75) is 98.0 Å². The van der Waals surface area contributed by atoms with Gasteiger partial charge in [-0.1, -0.05) is 45.3 Å². The molecule has 4 heteroatoms. The van der Waals surface area contributed by atoms with Crippen LogP contribution in [0.5, 0.6) is 0 Å². The van der Waals surface area contributed by atoms with Gasteiger partial charge in [-0.3, -0.25) is 14.4 Å². The number of ketones is 2. The molecule has 0 heterocycles. The smallest absolute Gasteiger partial charge is 0.306 e. The molecule has 4 nitrogen and oxygen atoms in total. The Morgan fingerprint density at radius 3 is 2.52 bits per heavy atom. The van der Waals surface area contributed by atoms with Gasteiger partial charge in [0.05, 0.1) is 0 Å². The molecule has 0 bridgehead atoms. The number of ether oxygens (including phenoxy) is 1. The maximum absolute atomic E-state index is 13.2. The second-order valence-corrected chi connectivity index (χ2v) is 12.1. The second kappa shape index (κ2) is 7.65. The van der Waals surface area contributed by atoms with Crippen LogP contribution in [0.2, 0.25) is 0 Å². The summed E-state index contributed by atoms with van der Waals surface area (Å²) < 4.78 is 6.20. The zero-order valence-electron chi connectivity index (χ0n) is 21.0. The number of fused-ring (bicyclic) bond motifs is 7. The van der Waals surface area contributed by atoms with E-state index >= 15 is 0 Å². The molecule has 0 aromatic carbocycles. The first-order chi connectivity index (χ1) is 15.6. The van der Waals surface area contributed by atoms with Crippen LogP contribution in [-0.2, 0) is 19.1 Å². The van der Waals surface area contributed by atoms with E-state index in [1.54, 1.807) is 6.92 Å². The first kappa shape index (κ1) is 23.1. The van der Waals surface area contributed by atoms with E-state index < -0.39 is 5.60 Å². The van der Waals surface area contributed by atoms with Crippen LogP contribution in [0.4, 0.5) is 0 Å². The summed E-state index contributed by atoms with van der Waals surface area (Å²) in [4.78, 5) is 38.5. The highest BCUT2D eigenvalue weighted by atomic mass is 16.6. The lowest BCUT2D eigenvalue weighted by atomic mass is 9.46. The lowest BCUT2D eigenvalue weighted by molar-refractivity contribution is -0.187. The molecule has 0 aromatic rings. The molecule has 5 rings (SSSR count). The van der Waals surface area contributed by atoms with Crippen LogP contribution < -0.4 is 0 Å². The van der Waals surface area contributed by atoms with Gasteiger partial charge in [0.25, 0.3) is 0 Å². The number of allylic oxidation sites excluding steroid dienone is 4. The molecule has 0 radical (unpaired) electrons. The highest BCUT2D eigenvalue weighted by Crippen LogP contribution is 2.72. The standard InChI is InChI=1S/C29H40O4/c1-6-7-8-9-26(32)33-29(18(3)30)13-11-21-19-14-17(2)23-16-25(31)20-15-24(20)28(23,5)22(19)10-12-27(21,29)4/h14,16,19-22,24H,6-13,15H2,1-5H3/t19-,20?,21-,22+,24?,27-,28-,29+/m0/s1. The fraction of sp³-hybridized carbons (Fsp3) is 0.759. The average Bonchev–Trinajstić information content (AvgIpc) is 3.51. The van der Waals surface area contributed by atoms with Gasteiger partial charge in [-0.05, 0) is 93.1 Å². The van der Waals surface area contributed by atoms with Crippen molar-refractivity contribution in [3.63, 3.8) is 0 Å². The monoisotopic (exact) mass is 452 g/mol. The Bertz CT molecular complexity index is 959. The fourth-order valence-electron chi connectivity index (χ4n) is 8.88. The van der Waals surface area contributed by atoms with Crippen LogP contribution in [0.15, 0.2) is 23.3 Å². The summed E-state index contributed by atoms with van der Waals surface area (Å²) in [5.41, 5.74) is 1.26. The lowest BCUT2D eigenvalue weighted by Gasteiger charge is -2.58. The van der Waals surface area contributed by atoms with Gasteiger partial charge in [0.15, 0.2) is 17.2 Å². The molecule has 33 heavy (non-hydrogen) atoms. The van der Waals surface area contributed by atoms with Crippen LogP contribution in [0.3, 0.4) is 0 Å². The minimum Gasteiger partial charge on any atom is -0.450 e. The van der Waals surface area contributed by atoms with Crippen molar-refractivity contribution < 1.29 is 19.1 Å². The lowest BCUT2D eigenvalue weighted by Crippen LogP contribution is -2.58. The summed E-state index contributed by atoms with van der Waals surface area (Å²) in [6.07, 6.45) is 12.2. The molecule has 2 unspecified atom stereocenters. The van der Waals surface area contributed by atoms with E-state index in [2.05, 4.69) is 33.8 Å². The molecule has 0 aliphatic heterocycles. The molecular formula is C29H40O4. The molecule has 3 fully saturated rings. The molecule has 0 amide bonds. The van der Waals surface area contributed by atoms with E-state index in [0.29, 0.717) is 42.3 Å². The summed E-state index contributed by atoms with van der Waals surface area (Å²) in [6.45, 7) is 10.6. The topological polar surface area (TPSA) is 60.4 Å². The predicted octanol–water partition coefficient (Wildman–Crippen LogP) is 5.99. The van der Waals surface area contributed by atoms with E-state index in [1.807, 2.05) is 6.08 Å². The largest absolute Gasteiger partial charge is 0.450 e.